The Morgan fingerprint density at radius 3 is 2.58 bits per heavy atom. The molecule has 0 aromatic heterocycles. The van der Waals surface area contributed by atoms with Crippen LogP contribution in [0.5, 0.6) is 5.75 Å². The molecule has 2 aromatic carbocycles. The predicted octanol–water partition coefficient (Wildman–Crippen LogP) is 5.90. The van der Waals surface area contributed by atoms with Gasteiger partial charge in [0, 0.05) is 19.3 Å². The summed E-state index contributed by atoms with van der Waals surface area (Å²) in [5, 5.41) is 3.32. The second-order valence-electron chi connectivity index (χ2n) is 5.61. The van der Waals surface area contributed by atoms with Crippen LogP contribution in [0.15, 0.2) is 41.4 Å². The molecule has 0 heterocycles. The third-order valence-corrected chi connectivity index (χ3v) is 3.87. The number of rotatable bonds is 6. The summed E-state index contributed by atoms with van der Waals surface area (Å²) in [7, 11) is 1.89. The molecule has 0 fully saturated rings. The fourth-order valence-corrected chi connectivity index (χ4v) is 2.28. The zero-order valence-corrected chi connectivity index (χ0v) is 15.3. The number of nitrogens with zero attached hydrogens (tertiary/aromatic N) is 2. The van der Waals surface area contributed by atoms with Crippen molar-refractivity contribution in [2.45, 2.75) is 20.2 Å². The second kappa shape index (κ2) is 8.31. The largest absolute Gasteiger partial charge is 0.573 e. The number of benzene rings is 2. The number of aryl methyl sites for hydroxylation is 1. The van der Waals surface area contributed by atoms with Crippen LogP contribution < -0.4 is 10.1 Å². The molecule has 0 spiro atoms. The van der Waals surface area contributed by atoms with Crippen LogP contribution in [-0.4, -0.2) is 31.2 Å². The third-order valence-electron chi connectivity index (χ3n) is 3.57. The van der Waals surface area contributed by atoms with E-state index in [9.17, 15) is 13.2 Å². The summed E-state index contributed by atoms with van der Waals surface area (Å²) in [4.78, 5) is 6.21. The molecule has 0 unspecified atom stereocenters. The van der Waals surface area contributed by atoms with Crippen LogP contribution >= 0.6 is 11.6 Å². The summed E-state index contributed by atoms with van der Waals surface area (Å²) < 4.78 is 41.7. The highest BCUT2D eigenvalue weighted by molar-refractivity contribution is 6.33. The highest BCUT2D eigenvalue weighted by Crippen LogP contribution is 2.36. The molecule has 2 rings (SSSR count). The van der Waals surface area contributed by atoms with Crippen molar-refractivity contribution < 1.29 is 17.9 Å². The summed E-state index contributed by atoms with van der Waals surface area (Å²) in [6, 6.07) is 9.20. The van der Waals surface area contributed by atoms with Crippen molar-refractivity contribution in [3.05, 3.63) is 47.0 Å². The highest BCUT2D eigenvalue weighted by atomic mass is 35.5. The number of aliphatic imine (C=N–C) groups is 1. The Labute approximate surface area is 155 Å². The molecular weight excluding hydrogens is 367 g/mol. The van der Waals surface area contributed by atoms with Crippen molar-refractivity contribution in [1.29, 1.82) is 0 Å². The molecule has 0 saturated heterocycles. The summed E-state index contributed by atoms with van der Waals surface area (Å²) in [5.74, 6) is -0.317. The van der Waals surface area contributed by atoms with Gasteiger partial charge in [0.1, 0.15) is 0 Å². The Balaban J connectivity index is 2.29. The molecule has 140 valence electrons. The van der Waals surface area contributed by atoms with Gasteiger partial charge in [-0.1, -0.05) is 23.7 Å². The zero-order chi connectivity index (χ0) is 19.3. The van der Waals surface area contributed by atoms with Gasteiger partial charge in [0.25, 0.3) is 0 Å². The monoisotopic (exact) mass is 385 g/mol. The van der Waals surface area contributed by atoms with Crippen LogP contribution in [0.1, 0.15) is 12.5 Å². The second-order valence-corrected chi connectivity index (χ2v) is 6.01. The quantitative estimate of drug-likeness (QED) is 0.496. The van der Waals surface area contributed by atoms with Crippen molar-refractivity contribution in [3.63, 3.8) is 0 Å². The molecule has 26 heavy (non-hydrogen) atoms. The Morgan fingerprint density at radius 1 is 1.23 bits per heavy atom. The van der Waals surface area contributed by atoms with Crippen molar-refractivity contribution in [3.8, 4) is 5.75 Å². The maximum Gasteiger partial charge on any atom is 0.573 e. The van der Waals surface area contributed by atoms with Gasteiger partial charge < -0.3 is 15.0 Å². The van der Waals surface area contributed by atoms with Gasteiger partial charge in [-0.3, -0.25) is 0 Å². The first-order valence-electron chi connectivity index (χ1n) is 7.86. The number of ether oxygens (including phenoxy) is 1. The van der Waals surface area contributed by atoms with Gasteiger partial charge in [-0.05, 0) is 43.7 Å². The van der Waals surface area contributed by atoms with E-state index < -0.39 is 6.36 Å². The van der Waals surface area contributed by atoms with Gasteiger partial charge in [-0.25, -0.2) is 4.99 Å². The average Bonchev–Trinajstić information content (AvgIpc) is 2.56. The minimum absolute atomic E-state index is 0.186. The Kier molecular flexibility index (Phi) is 6.37. The number of hydrogen-bond donors (Lipinski definition) is 1. The van der Waals surface area contributed by atoms with Crippen LogP contribution in [0.4, 0.5) is 30.2 Å². The minimum atomic E-state index is -4.77. The molecule has 4 nitrogen and oxygen atoms in total. The van der Waals surface area contributed by atoms with E-state index in [1.54, 1.807) is 24.5 Å². The van der Waals surface area contributed by atoms with E-state index in [-0.39, 0.29) is 11.4 Å². The first-order chi connectivity index (χ1) is 12.2. The van der Waals surface area contributed by atoms with E-state index in [1.807, 2.05) is 25.8 Å². The van der Waals surface area contributed by atoms with Crippen LogP contribution in [0.3, 0.4) is 0 Å². The number of anilines is 2. The fourth-order valence-electron chi connectivity index (χ4n) is 2.07. The summed E-state index contributed by atoms with van der Waals surface area (Å²) in [5.41, 5.74) is 2.11. The van der Waals surface area contributed by atoms with Crippen molar-refractivity contribution in [1.82, 2.24) is 4.90 Å². The van der Waals surface area contributed by atoms with Crippen LogP contribution in [0, 0.1) is 6.92 Å². The summed E-state index contributed by atoms with van der Waals surface area (Å²) in [6.45, 7) is 4.61. The maximum absolute atomic E-state index is 12.5. The third kappa shape index (κ3) is 5.56. The lowest BCUT2D eigenvalue weighted by Crippen LogP contribution is -2.17. The van der Waals surface area contributed by atoms with E-state index in [0.29, 0.717) is 16.4 Å². The highest BCUT2D eigenvalue weighted by Gasteiger charge is 2.32. The molecule has 1 N–H and O–H groups in total. The molecular formula is C18H19ClF3N3O. The molecule has 0 radical (unpaired) electrons. The molecule has 8 heteroatoms. The SMILES string of the molecule is CCN(C)C=Nc1cc(C)c(Nc2ccccc2OC(F)(F)F)cc1Cl. The molecule has 0 aliphatic carbocycles. The van der Waals surface area contributed by atoms with Gasteiger partial charge in [-0.2, -0.15) is 0 Å². The van der Waals surface area contributed by atoms with E-state index in [2.05, 4.69) is 15.0 Å². The molecule has 0 aliphatic heterocycles. The van der Waals surface area contributed by atoms with Crippen molar-refractivity contribution in [2.75, 3.05) is 18.9 Å². The van der Waals surface area contributed by atoms with E-state index in [0.717, 1.165) is 12.1 Å². The fraction of sp³-hybridized carbons (Fsp3) is 0.278. The first kappa shape index (κ1) is 19.9. The smallest absolute Gasteiger partial charge is 0.404 e. The minimum Gasteiger partial charge on any atom is -0.404 e. The zero-order valence-electron chi connectivity index (χ0n) is 14.6. The molecule has 0 bridgehead atoms. The molecule has 0 atom stereocenters. The first-order valence-corrected chi connectivity index (χ1v) is 8.23. The Hall–Kier alpha value is -2.41. The average molecular weight is 386 g/mol. The molecule has 0 aliphatic rings. The number of hydrogen-bond acceptors (Lipinski definition) is 3. The lowest BCUT2D eigenvalue weighted by atomic mass is 10.1. The predicted molar refractivity (Wildman–Crippen MR) is 99.1 cm³/mol. The van der Waals surface area contributed by atoms with Gasteiger partial charge in [0.05, 0.1) is 22.7 Å². The lowest BCUT2D eigenvalue weighted by Gasteiger charge is -2.16. The Bertz CT molecular complexity index is 794. The standard InChI is InChI=1S/C18H19ClF3N3O/c1-4-25(3)11-23-16-9-12(2)15(10-13(16)19)24-14-7-5-6-8-17(14)26-18(20,21)22/h5-11,24H,4H2,1-3H3. The lowest BCUT2D eigenvalue weighted by molar-refractivity contribution is -0.274. The molecule has 2 aromatic rings. The van der Waals surface area contributed by atoms with E-state index in [1.165, 1.54) is 18.2 Å². The summed E-state index contributed by atoms with van der Waals surface area (Å²) >= 11 is 6.26. The van der Waals surface area contributed by atoms with Crippen molar-refractivity contribution in [2.24, 2.45) is 4.99 Å². The van der Waals surface area contributed by atoms with Gasteiger partial charge in [0.2, 0.25) is 0 Å². The normalized spacial score (nSPS) is 11.7. The summed E-state index contributed by atoms with van der Waals surface area (Å²) in [6.07, 6.45) is -3.10. The molecule has 0 saturated carbocycles. The Morgan fingerprint density at radius 2 is 1.92 bits per heavy atom. The van der Waals surface area contributed by atoms with Gasteiger partial charge in [0.15, 0.2) is 5.75 Å². The van der Waals surface area contributed by atoms with Crippen LogP contribution in [0.2, 0.25) is 5.02 Å². The van der Waals surface area contributed by atoms with E-state index in [4.69, 9.17) is 11.6 Å². The number of alkyl halides is 3. The number of halogens is 4. The number of para-hydroxylation sites is 2. The van der Waals surface area contributed by atoms with Gasteiger partial charge in [-0.15, -0.1) is 13.2 Å². The number of nitrogens with one attached hydrogen (secondary N) is 1. The van der Waals surface area contributed by atoms with Gasteiger partial charge >= 0.3 is 6.36 Å². The maximum atomic E-state index is 12.5. The van der Waals surface area contributed by atoms with Crippen LogP contribution in [-0.2, 0) is 0 Å². The van der Waals surface area contributed by atoms with Crippen LogP contribution in [0.25, 0.3) is 0 Å². The van der Waals surface area contributed by atoms with E-state index >= 15 is 0 Å². The van der Waals surface area contributed by atoms with Crippen molar-refractivity contribution >= 4 is 35.0 Å². The molecule has 0 amide bonds. The topological polar surface area (TPSA) is 36.9 Å².